The first kappa shape index (κ1) is 17.4. The first-order valence-electron chi connectivity index (χ1n) is 7.01. The van der Waals surface area contributed by atoms with E-state index in [4.69, 9.17) is 32.2 Å². The van der Waals surface area contributed by atoms with Gasteiger partial charge in [0.05, 0.1) is 22.9 Å². The maximum atomic E-state index is 13.0. The van der Waals surface area contributed by atoms with Crippen molar-refractivity contribution < 1.29 is 18.5 Å². The molecule has 1 aliphatic heterocycles. The highest BCUT2D eigenvalue weighted by molar-refractivity contribution is 7.62. The summed E-state index contributed by atoms with van der Waals surface area (Å²) in [7, 11) is -3.58. The van der Waals surface area contributed by atoms with Crippen LogP contribution < -0.4 is 5.30 Å². The normalized spacial score (nSPS) is 23.8. The Morgan fingerprint density at radius 3 is 2.33 bits per heavy atom. The summed E-state index contributed by atoms with van der Waals surface area (Å²) in [5.74, 6) is 0. The van der Waals surface area contributed by atoms with E-state index in [9.17, 15) is 14.7 Å². The highest BCUT2D eigenvalue weighted by Crippen LogP contribution is 2.55. The van der Waals surface area contributed by atoms with E-state index in [1.807, 2.05) is 0 Å². The van der Waals surface area contributed by atoms with Gasteiger partial charge in [-0.3, -0.25) is 19.2 Å². The maximum Gasteiger partial charge on any atom is 0.361 e. The molecule has 1 aliphatic rings. The van der Waals surface area contributed by atoms with Crippen LogP contribution in [0.3, 0.4) is 0 Å². The largest absolute Gasteiger partial charge is 0.361 e. The molecule has 0 saturated carbocycles. The molecule has 0 N–H and O–H groups in total. The predicted molar refractivity (Wildman–Crippen MR) is 91.2 cm³/mol. The molecule has 0 amide bonds. The van der Waals surface area contributed by atoms with Gasteiger partial charge in [-0.1, -0.05) is 23.2 Å². The molecule has 2 aromatic carbocycles. The van der Waals surface area contributed by atoms with E-state index in [0.717, 1.165) is 0 Å². The van der Waals surface area contributed by atoms with Gasteiger partial charge in [-0.2, -0.15) is 0 Å². The molecular weight excluding hydrogens is 376 g/mol. The molecule has 0 spiro atoms. The van der Waals surface area contributed by atoms with Gasteiger partial charge in [0, 0.05) is 28.6 Å². The minimum absolute atomic E-state index is 0.0967. The number of hydrogen-bond donors (Lipinski definition) is 0. The Kier molecular flexibility index (Phi) is 4.95. The lowest BCUT2D eigenvalue weighted by Gasteiger charge is -2.30. The highest BCUT2D eigenvalue weighted by atomic mass is 35.5. The summed E-state index contributed by atoms with van der Waals surface area (Å²) >= 11 is 12.0. The van der Waals surface area contributed by atoms with Crippen LogP contribution in [-0.4, -0.2) is 11.5 Å². The van der Waals surface area contributed by atoms with Crippen molar-refractivity contribution in [1.29, 1.82) is 0 Å². The fourth-order valence-electron chi connectivity index (χ4n) is 2.41. The van der Waals surface area contributed by atoms with E-state index >= 15 is 0 Å². The molecule has 9 heteroatoms. The minimum Gasteiger partial charge on any atom is -0.305 e. The van der Waals surface area contributed by atoms with Crippen molar-refractivity contribution in [2.45, 2.75) is 12.5 Å². The Morgan fingerprint density at radius 1 is 1.12 bits per heavy atom. The van der Waals surface area contributed by atoms with Crippen molar-refractivity contribution in [3.63, 3.8) is 0 Å². The molecule has 1 fully saturated rings. The zero-order chi connectivity index (χ0) is 17.3. The predicted octanol–water partition coefficient (Wildman–Crippen LogP) is 4.90. The monoisotopic (exact) mass is 387 g/mol. The SMILES string of the molecule is O=[N+]([O-])c1ccc(P2(=O)OCCC(c3cc(Cl)cc(Cl)c3)O2)cc1. The molecule has 0 radical (unpaired) electrons. The highest BCUT2D eigenvalue weighted by Gasteiger charge is 2.36. The van der Waals surface area contributed by atoms with Gasteiger partial charge in [-0.05, 0) is 35.9 Å². The molecule has 2 aromatic rings. The first-order chi connectivity index (χ1) is 11.4. The standard InChI is InChI=1S/C15H12Cl2NO5P/c16-11-7-10(8-12(17)9-11)15-5-6-22-24(21,23-15)14-3-1-13(2-4-14)18(19)20/h1-4,7-9,15H,5-6H2. The smallest absolute Gasteiger partial charge is 0.305 e. The van der Waals surface area contributed by atoms with E-state index in [2.05, 4.69) is 0 Å². The zero-order valence-corrected chi connectivity index (χ0v) is 14.6. The number of nitro benzene ring substituents is 1. The van der Waals surface area contributed by atoms with Gasteiger partial charge in [0.25, 0.3) is 5.69 Å². The summed E-state index contributed by atoms with van der Waals surface area (Å²) in [5, 5.41) is 11.9. The number of benzene rings is 2. The number of non-ortho nitro benzene ring substituents is 1. The first-order valence-corrected chi connectivity index (χ1v) is 9.31. The van der Waals surface area contributed by atoms with Crippen molar-refractivity contribution in [1.82, 2.24) is 0 Å². The van der Waals surface area contributed by atoms with Gasteiger partial charge in [0.15, 0.2) is 0 Å². The third kappa shape index (κ3) is 3.63. The van der Waals surface area contributed by atoms with E-state index in [1.165, 1.54) is 24.3 Å². The van der Waals surface area contributed by atoms with Crippen molar-refractivity contribution in [2.24, 2.45) is 0 Å². The van der Waals surface area contributed by atoms with E-state index in [0.29, 0.717) is 22.0 Å². The maximum absolute atomic E-state index is 13.0. The molecule has 2 unspecified atom stereocenters. The van der Waals surface area contributed by atoms with Gasteiger partial charge in [-0.15, -0.1) is 0 Å². The van der Waals surface area contributed by atoms with Gasteiger partial charge < -0.3 is 4.52 Å². The van der Waals surface area contributed by atoms with Crippen LogP contribution in [-0.2, 0) is 13.6 Å². The average molecular weight is 388 g/mol. The van der Waals surface area contributed by atoms with Gasteiger partial charge in [-0.25, -0.2) is 0 Å². The fourth-order valence-corrected chi connectivity index (χ4v) is 4.71. The molecule has 3 rings (SSSR count). The summed E-state index contributed by atoms with van der Waals surface area (Å²) in [4.78, 5) is 10.2. The Hall–Kier alpha value is -1.43. The number of nitro groups is 1. The number of rotatable bonds is 3. The van der Waals surface area contributed by atoms with Crippen LogP contribution in [0.25, 0.3) is 0 Å². The lowest BCUT2D eigenvalue weighted by atomic mass is 10.1. The molecule has 0 aromatic heterocycles. The molecule has 2 atom stereocenters. The van der Waals surface area contributed by atoms with E-state index in [-0.39, 0.29) is 17.6 Å². The second kappa shape index (κ2) is 6.82. The summed E-state index contributed by atoms with van der Waals surface area (Å²) < 4.78 is 24.1. The van der Waals surface area contributed by atoms with Crippen molar-refractivity contribution in [2.75, 3.05) is 6.61 Å². The van der Waals surface area contributed by atoms with Crippen LogP contribution in [0.4, 0.5) is 5.69 Å². The number of hydrogen-bond acceptors (Lipinski definition) is 5. The number of halogens is 2. The summed E-state index contributed by atoms with van der Waals surface area (Å²) in [6.07, 6.45) is 0.00386. The Labute approximate surface area is 148 Å². The van der Waals surface area contributed by atoms with Crippen LogP contribution in [0, 0.1) is 10.1 Å². The zero-order valence-electron chi connectivity index (χ0n) is 12.2. The van der Waals surface area contributed by atoms with Crippen LogP contribution in [0.2, 0.25) is 10.0 Å². The van der Waals surface area contributed by atoms with E-state index in [1.54, 1.807) is 18.2 Å². The molecule has 1 heterocycles. The lowest BCUT2D eigenvalue weighted by molar-refractivity contribution is -0.384. The van der Waals surface area contributed by atoms with Crippen molar-refractivity contribution >= 4 is 41.8 Å². The lowest BCUT2D eigenvalue weighted by Crippen LogP contribution is -2.20. The van der Waals surface area contributed by atoms with Gasteiger partial charge in [0.2, 0.25) is 0 Å². The summed E-state index contributed by atoms with van der Waals surface area (Å²) in [6, 6.07) is 10.3. The second-order valence-electron chi connectivity index (χ2n) is 5.19. The Morgan fingerprint density at radius 2 is 1.75 bits per heavy atom. The second-order valence-corrected chi connectivity index (χ2v) is 8.04. The topological polar surface area (TPSA) is 78.7 Å². The molecule has 1 saturated heterocycles. The van der Waals surface area contributed by atoms with Crippen LogP contribution in [0.5, 0.6) is 0 Å². The van der Waals surface area contributed by atoms with Crippen LogP contribution >= 0.6 is 30.8 Å². The van der Waals surface area contributed by atoms with Gasteiger partial charge >= 0.3 is 7.60 Å². The quantitative estimate of drug-likeness (QED) is 0.425. The minimum atomic E-state index is -3.58. The van der Waals surface area contributed by atoms with Crippen molar-refractivity contribution in [3.05, 3.63) is 68.2 Å². The third-order valence-electron chi connectivity index (χ3n) is 3.54. The molecule has 126 valence electrons. The summed E-state index contributed by atoms with van der Waals surface area (Å²) in [6.45, 7) is 0.225. The molecular formula is C15H12Cl2NO5P. The molecule has 0 aliphatic carbocycles. The average Bonchev–Trinajstić information content (AvgIpc) is 2.54. The third-order valence-corrected chi connectivity index (χ3v) is 5.96. The van der Waals surface area contributed by atoms with Crippen molar-refractivity contribution in [3.8, 4) is 0 Å². The van der Waals surface area contributed by atoms with Gasteiger partial charge in [0.1, 0.15) is 0 Å². The molecule has 6 nitrogen and oxygen atoms in total. The Bertz CT molecular complexity index is 807. The summed E-state index contributed by atoms with van der Waals surface area (Å²) in [5.41, 5.74) is 0.610. The number of nitrogens with zero attached hydrogens (tertiary/aromatic N) is 1. The Balaban J connectivity index is 1.88. The van der Waals surface area contributed by atoms with Crippen LogP contribution in [0.1, 0.15) is 18.1 Å². The fraction of sp³-hybridized carbons (Fsp3) is 0.200. The van der Waals surface area contributed by atoms with E-state index < -0.39 is 18.6 Å². The molecule has 0 bridgehead atoms. The molecule has 24 heavy (non-hydrogen) atoms. The van der Waals surface area contributed by atoms with Crippen LogP contribution in [0.15, 0.2) is 42.5 Å².